The maximum Gasteiger partial charge on any atom is 0.246 e. The van der Waals surface area contributed by atoms with Gasteiger partial charge in [-0.2, -0.15) is 4.31 Å². The van der Waals surface area contributed by atoms with Gasteiger partial charge in [0.15, 0.2) is 0 Å². The van der Waals surface area contributed by atoms with Crippen molar-refractivity contribution in [3.05, 3.63) is 58.7 Å². The summed E-state index contributed by atoms with van der Waals surface area (Å²) in [6, 6.07) is 12.9. The predicted octanol–water partition coefficient (Wildman–Crippen LogP) is 4.63. The number of aryl methyl sites for hydroxylation is 1. The van der Waals surface area contributed by atoms with Crippen LogP contribution < -0.4 is 10.1 Å². The fraction of sp³-hybridized carbons (Fsp3) is 0.594. The normalized spacial score (nSPS) is 22.6. The fourth-order valence-corrected chi connectivity index (χ4v) is 8.64. The molecule has 4 rings (SSSR count). The molecule has 0 spiro atoms. The Bertz CT molecular complexity index is 1290. The summed E-state index contributed by atoms with van der Waals surface area (Å²) in [5, 5.41) is 3.06. The molecule has 2 aromatic carbocycles. The zero-order chi connectivity index (χ0) is 29.7. The molecule has 41 heavy (non-hydrogen) atoms. The van der Waals surface area contributed by atoms with Gasteiger partial charge in [-0.1, -0.05) is 30.3 Å². The number of sulfonamides is 1. The van der Waals surface area contributed by atoms with Crippen LogP contribution in [0.2, 0.25) is 0 Å². The SMILES string of the molecule is COc1cc(C)c(S(=O)(=O)N2CCC(OCC(=O)NCC3CCC(C(c4ccccc4)N(C)C)CC3)C2)c(C)c1C. The van der Waals surface area contributed by atoms with E-state index < -0.39 is 10.0 Å². The molecule has 8 nitrogen and oxygen atoms in total. The Hall–Kier alpha value is -2.46. The second-order valence-electron chi connectivity index (χ2n) is 12.0. The standard InChI is InChI=1S/C32H47N3O5S/c1-22-18-29(39-6)23(2)24(3)32(22)41(37,38)35-17-16-28(20-35)40-21-30(36)33-19-25-12-14-27(15-13-25)31(34(4)5)26-10-8-7-9-11-26/h7-11,18,25,27-28,31H,12-17,19-21H2,1-6H3,(H,33,36). The lowest BCUT2D eigenvalue weighted by molar-refractivity contribution is -0.127. The second-order valence-corrected chi connectivity index (χ2v) is 13.8. The Morgan fingerprint density at radius 1 is 1.05 bits per heavy atom. The van der Waals surface area contributed by atoms with Crippen molar-refractivity contribution in [2.24, 2.45) is 11.8 Å². The van der Waals surface area contributed by atoms with Crippen LogP contribution in [-0.4, -0.2) is 77.1 Å². The van der Waals surface area contributed by atoms with E-state index in [1.165, 1.54) is 9.87 Å². The summed E-state index contributed by atoms with van der Waals surface area (Å²) in [5.74, 6) is 1.63. The van der Waals surface area contributed by atoms with Crippen molar-refractivity contribution in [2.75, 3.05) is 47.4 Å². The number of carbonyl (C=O) groups is 1. The number of hydrogen-bond acceptors (Lipinski definition) is 6. The first-order valence-electron chi connectivity index (χ1n) is 14.8. The molecule has 0 radical (unpaired) electrons. The van der Waals surface area contributed by atoms with Gasteiger partial charge in [0, 0.05) is 25.7 Å². The molecule has 1 heterocycles. The average molecular weight is 586 g/mol. The van der Waals surface area contributed by atoms with Crippen molar-refractivity contribution in [3.63, 3.8) is 0 Å². The van der Waals surface area contributed by atoms with E-state index in [-0.39, 0.29) is 25.2 Å². The number of amides is 1. The van der Waals surface area contributed by atoms with Gasteiger partial charge in [0.2, 0.25) is 15.9 Å². The Kier molecular flexibility index (Phi) is 10.5. The Morgan fingerprint density at radius 3 is 2.37 bits per heavy atom. The average Bonchev–Trinajstić information content (AvgIpc) is 3.44. The molecule has 226 valence electrons. The van der Waals surface area contributed by atoms with Crippen LogP contribution >= 0.6 is 0 Å². The minimum atomic E-state index is -3.68. The molecule has 2 aliphatic rings. The molecule has 0 aromatic heterocycles. The van der Waals surface area contributed by atoms with Gasteiger partial charge in [-0.15, -0.1) is 0 Å². The topological polar surface area (TPSA) is 88.2 Å². The third-order valence-corrected chi connectivity index (χ3v) is 11.1. The minimum Gasteiger partial charge on any atom is -0.496 e. The van der Waals surface area contributed by atoms with Crippen LogP contribution in [0.4, 0.5) is 0 Å². The van der Waals surface area contributed by atoms with Crippen LogP contribution in [0.1, 0.15) is 60.4 Å². The van der Waals surface area contributed by atoms with Gasteiger partial charge in [-0.05, 0) is 107 Å². The van der Waals surface area contributed by atoms with Crippen LogP contribution in [0.25, 0.3) is 0 Å². The smallest absolute Gasteiger partial charge is 0.246 e. The summed E-state index contributed by atoms with van der Waals surface area (Å²) in [6.07, 6.45) is 4.76. The lowest BCUT2D eigenvalue weighted by Gasteiger charge is -2.37. The minimum absolute atomic E-state index is 0.0513. The highest BCUT2D eigenvalue weighted by atomic mass is 32.2. The van der Waals surface area contributed by atoms with E-state index in [1.807, 2.05) is 13.8 Å². The van der Waals surface area contributed by atoms with E-state index in [1.54, 1.807) is 20.1 Å². The monoisotopic (exact) mass is 585 g/mol. The van der Waals surface area contributed by atoms with E-state index >= 15 is 0 Å². The van der Waals surface area contributed by atoms with E-state index in [0.29, 0.717) is 59.2 Å². The van der Waals surface area contributed by atoms with Crippen molar-refractivity contribution in [1.82, 2.24) is 14.5 Å². The summed E-state index contributed by atoms with van der Waals surface area (Å²) in [4.78, 5) is 15.3. The van der Waals surface area contributed by atoms with Gasteiger partial charge in [0.05, 0.1) is 18.1 Å². The lowest BCUT2D eigenvalue weighted by Crippen LogP contribution is -2.37. The number of carbonyl (C=O) groups excluding carboxylic acids is 1. The van der Waals surface area contributed by atoms with Crippen LogP contribution in [0.15, 0.2) is 41.3 Å². The number of nitrogens with zero attached hydrogens (tertiary/aromatic N) is 2. The Labute approximate surface area is 246 Å². The number of rotatable bonds is 11. The highest BCUT2D eigenvalue weighted by molar-refractivity contribution is 7.89. The number of nitrogens with one attached hydrogen (secondary N) is 1. The maximum atomic E-state index is 13.5. The summed E-state index contributed by atoms with van der Waals surface area (Å²) in [5.41, 5.74) is 3.56. The summed E-state index contributed by atoms with van der Waals surface area (Å²) in [7, 11) is 2.22. The first kappa shape index (κ1) is 31.5. The van der Waals surface area contributed by atoms with Crippen molar-refractivity contribution in [3.8, 4) is 5.75 Å². The van der Waals surface area contributed by atoms with Crippen molar-refractivity contribution in [2.45, 2.75) is 69.9 Å². The van der Waals surface area contributed by atoms with E-state index in [0.717, 1.165) is 31.2 Å². The van der Waals surface area contributed by atoms with Gasteiger partial charge < -0.3 is 19.7 Å². The number of methoxy groups -OCH3 is 1. The van der Waals surface area contributed by atoms with Crippen LogP contribution in [0, 0.1) is 32.6 Å². The zero-order valence-electron chi connectivity index (χ0n) is 25.5. The Balaban J connectivity index is 1.22. The van der Waals surface area contributed by atoms with Gasteiger partial charge in [0.25, 0.3) is 0 Å². The number of ether oxygens (including phenoxy) is 2. The largest absolute Gasteiger partial charge is 0.496 e. The van der Waals surface area contributed by atoms with Crippen LogP contribution in [0.5, 0.6) is 5.75 Å². The highest BCUT2D eigenvalue weighted by Crippen LogP contribution is 2.39. The van der Waals surface area contributed by atoms with Crippen LogP contribution in [-0.2, 0) is 19.6 Å². The quantitative estimate of drug-likeness (QED) is 0.414. The molecule has 1 N–H and O–H groups in total. The molecule has 2 atom stereocenters. The van der Waals surface area contributed by atoms with Crippen LogP contribution in [0.3, 0.4) is 0 Å². The molecular weight excluding hydrogens is 538 g/mol. The summed E-state index contributed by atoms with van der Waals surface area (Å²) in [6.45, 7) is 6.72. The molecule has 9 heteroatoms. The predicted molar refractivity (Wildman–Crippen MR) is 162 cm³/mol. The molecule has 1 aliphatic heterocycles. The summed E-state index contributed by atoms with van der Waals surface area (Å²) >= 11 is 0. The Morgan fingerprint density at radius 2 is 1.73 bits per heavy atom. The first-order chi connectivity index (χ1) is 19.5. The third-order valence-electron chi connectivity index (χ3n) is 8.98. The van der Waals surface area contributed by atoms with E-state index in [2.05, 4.69) is 54.6 Å². The van der Waals surface area contributed by atoms with Gasteiger partial charge >= 0.3 is 0 Å². The molecule has 2 unspecified atom stereocenters. The molecular formula is C32H47N3O5S. The molecule has 1 amide bonds. The lowest BCUT2D eigenvalue weighted by atomic mass is 9.76. The van der Waals surface area contributed by atoms with Crippen molar-refractivity contribution < 1.29 is 22.7 Å². The molecule has 1 aliphatic carbocycles. The maximum absolute atomic E-state index is 13.5. The van der Waals surface area contributed by atoms with E-state index in [4.69, 9.17) is 9.47 Å². The van der Waals surface area contributed by atoms with E-state index in [9.17, 15) is 13.2 Å². The number of benzene rings is 2. The zero-order valence-corrected chi connectivity index (χ0v) is 26.3. The fourth-order valence-electron chi connectivity index (χ4n) is 6.66. The molecule has 1 saturated carbocycles. The molecule has 1 saturated heterocycles. The summed E-state index contributed by atoms with van der Waals surface area (Å²) < 4.78 is 39.8. The molecule has 0 bridgehead atoms. The first-order valence-corrected chi connectivity index (χ1v) is 16.2. The van der Waals surface area contributed by atoms with Gasteiger partial charge in [-0.3, -0.25) is 4.79 Å². The third kappa shape index (κ3) is 7.31. The van der Waals surface area contributed by atoms with Crippen molar-refractivity contribution >= 4 is 15.9 Å². The van der Waals surface area contributed by atoms with Gasteiger partial charge in [-0.25, -0.2) is 8.42 Å². The number of hydrogen-bond donors (Lipinski definition) is 1. The molecule has 2 aromatic rings. The second kappa shape index (κ2) is 13.7. The molecule has 2 fully saturated rings. The highest BCUT2D eigenvalue weighted by Gasteiger charge is 2.36. The van der Waals surface area contributed by atoms with Gasteiger partial charge in [0.1, 0.15) is 12.4 Å². The van der Waals surface area contributed by atoms with Crippen molar-refractivity contribution in [1.29, 1.82) is 0 Å².